The number of nitrogens with one attached hydrogen (secondary N) is 2. The van der Waals surface area contributed by atoms with Gasteiger partial charge in [0.05, 0.1) is 19.9 Å². The second kappa shape index (κ2) is 10.7. The maximum Gasteiger partial charge on any atom is 0.249 e. The fourth-order valence-electron chi connectivity index (χ4n) is 4.14. The van der Waals surface area contributed by atoms with Crippen molar-refractivity contribution in [2.24, 2.45) is 11.8 Å². The SMILES string of the molecule is COc1cc(OC)cc(N2CCC(NC(=O)CC(C)C3CCNCC3)C2=O)c1.Cl. The molecule has 2 fully saturated rings. The summed E-state index contributed by atoms with van der Waals surface area (Å²) in [5.41, 5.74) is 0.723. The highest BCUT2D eigenvalue weighted by Crippen LogP contribution is 2.31. The van der Waals surface area contributed by atoms with Crippen LogP contribution < -0.4 is 25.0 Å². The molecule has 1 aromatic rings. The van der Waals surface area contributed by atoms with Crippen LogP contribution in [0.15, 0.2) is 18.2 Å². The van der Waals surface area contributed by atoms with Gasteiger partial charge in [0.15, 0.2) is 0 Å². The van der Waals surface area contributed by atoms with E-state index in [1.807, 2.05) is 12.1 Å². The highest BCUT2D eigenvalue weighted by atomic mass is 35.5. The van der Waals surface area contributed by atoms with Crippen molar-refractivity contribution in [3.05, 3.63) is 18.2 Å². The molecule has 2 aliphatic heterocycles. The normalized spacial score (nSPS) is 20.7. The first-order valence-electron chi connectivity index (χ1n) is 10.1. The zero-order valence-electron chi connectivity index (χ0n) is 17.4. The Bertz CT molecular complexity index is 687. The number of amides is 2. The standard InChI is InChI=1S/C21H31N3O4.ClH/c1-14(15-4-7-22-8-5-15)10-20(25)23-19-6-9-24(21(19)26)16-11-17(27-2)13-18(12-16)28-3;/h11-15,19,22H,4-10H2,1-3H3,(H,23,25);1H. The van der Waals surface area contributed by atoms with Crippen molar-refractivity contribution < 1.29 is 19.1 Å². The number of halogens is 1. The second-order valence-corrected chi connectivity index (χ2v) is 7.74. The Labute approximate surface area is 178 Å². The lowest BCUT2D eigenvalue weighted by Crippen LogP contribution is -2.42. The first-order valence-corrected chi connectivity index (χ1v) is 10.1. The van der Waals surface area contributed by atoms with E-state index in [0.29, 0.717) is 42.7 Å². The number of carbonyl (C=O) groups is 2. The van der Waals surface area contributed by atoms with Gasteiger partial charge in [-0.2, -0.15) is 0 Å². The number of ether oxygens (including phenoxy) is 2. The van der Waals surface area contributed by atoms with Gasteiger partial charge in [0, 0.05) is 31.2 Å². The Morgan fingerprint density at radius 1 is 1.17 bits per heavy atom. The maximum absolute atomic E-state index is 12.8. The summed E-state index contributed by atoms with van der Waals surface area (Å²) in [5.74, 6) is 2.05. The fourth-order valence-corrected chi connectivity index (χ4v) is 4.14. The van der Waals surface area contributed by atoms with E-state index in [4.69, 9.17) is 9.47 Å². The zero-order valence-corrected chi connectivity index (χ0v) is 18.2. The number of piperidine rings is 1. The molecular formula is C21H32ClN3O4. The minimum Gasteiger partial charge on any atom is -0.497 e. The van der Waals surface area contributed by atoms with Crippen LogP contribution in [0.25, 0.3) is 0 Å². The molecule has 8 heteroatoms. The molecular weight excluding hydrogens is 394 g/mol. The first kappa shape index (κ1) is 23.3. The van der Waals surface area contributed by atoms with Gasteiger partial charge >= 0.3 is 0 Å². The molecule has 2 N–H and O–H groups in total. The number of benzene rings is 1. The van der Waals surface area contributed by atoms with Gasteiger partial charge < -0.3 is 25.0 Å². The lowest BCUT2D eigenvalue weighted by Gasteiger charge is -2.28. The molecule has 2 amide bonds. The number of hydrogen-bond acceptors (Lipinski definition) is 5. The molecule has 0 bridgehead atoms. The summed E-state index contributed by atoms with van der Waals surface area (Å²) < 4.78 is 10.6. The van der Waals surface area contributed by atoms with Gasteiger partial charge in [0.25, 0.3) is 0 Å². The first-order chi connectivity index (χ1) is 13.5. The van der Waals surface area contributed by atoms with Crippen molar-refractivity contribution in [2.75, 3.05) is 38.8 Å². The van der Waals surface area contributed by atoms with Gasteiger partial charge in [-0.3, -0.25) is 9.59 Å². The molecule has 162 valence electrons. The number of carbonyl (C=O) groups excluding carboxylic acids is 2. The Hall–Kier alpha value is -1.99. The molecule has 7 nitrogen and oxygen atoms in total. The van der Waals surface area contributed by atoms with Crippen LogP contribution in [0.3, 0.4) is 0 Å². The lowest BCUT2D eigenvalue weighted by molar-refractivity contribution is -0.127. The van der Waals surface area contributed by atoms with E-state index < -0.39 is 6.04 Å². The van der Waals surface area contributed by atoms with Crippen LogP contribution in [-0.4, -0.2) is 51.7 Å². The predicted octanol–water partition coefficient (Wildman–Crippen LogP) is 2.37. The number of nitrogens with zero attached hydrogens (tertiary/aromatic N) is 1. The number of methoxy groups -OCH3 is 2. The minimum absolute atomic E-state index is 0. The smallest absolute Gasteiger partial charge is 0.249 e. The van der Waals surface area contributed by atoms with E-state index in [0.717, 1.165) is 31.6 Å². The summed E-state index contributed by atoms with van der Waals surface area (Å²) in [7, 11) is 3.16. The second-order valence-electron chi connectivity index (χ2n) is 7.74. The molecule has 0 spiro atoms. The molecule has 0 aromatic heterocycles. The van der Waals surface area contributed by atoms with Gasteiger partial charge in [0.2, 0.25) is 11.8 Å². The Morgan fingerprint density at radius 3 is 2.38 bits per heavy atom. The van der Waals surface area contributed by atoms with Crippen molar-refractivity contribution >= 4 is 29.9 Å². The van der Waals surface area contributed by atoms with Gasteiger partial charge in [0.1, 0.15) is 17.5 Å². The third-order valence-electron chi connectivity index (χ3n) is 5.88. The summed E-state index contributed by atoms with van der Waals surface area (Å²) in [6.45, 7) is 4.75. The fraction of sp³-hybridized carbons (Fsp3) is 0.619. The number of rotatable bonds is 7. The maximum atomic E-state index is 12.8. The van der Waals surface area contributed by atoms with Crippen LogP contribution in [0.5, 0.6) is 11.5 Å². The van der Waals surface area contributed by atoms with Crippen molar-refractivity contribution in [3.63, 3.8) is 0 Å². The molecule has 2 saturated heterocycles. The van der Waals surface area contributed by atoms with Gasteiger partial charge in [-0.15, -0.1) is 12.4 Å². The van der Waals surface area contributed by atoms with E-state index in [-0.39, 0.29) is 24.2 Å². The van der Waals surface area contributed by atoms with Gasteiger partial charge in [-0.1, -0.05) is 6.92 Å². The third kappa shape index (κ3) is 5.76. The highest BCUT2D eigenvalue weighted by Gasteiger charge is 2.34. The summed E-state index contributed by atoms with van der Waals surface area (Å²) >= 11 is 0. The van der Waals surface area contributed by atoms with E-state index in [9.17, 15) is 9.59 Å². The zero-order chi connectivity index (χ0) is 20.1. The Balaban J connectivity index is 0.00000300. The number of anilines is 1. The highest BCUT2D eigenvalue weighted by molar-refractivity contribution is 6.01. The van der Waals surface area contributed by atoms with E-state index in [1.165, 1.54) is 0 Å². The summed E-state index contributed by atoms with van der Waals surface area (Å²) in [5, 5.41) is 6.30. The van der Waals surface area contributed by atoms with Crippen LogP contribution in [0.2, 0.25) is 0 Å². The van der Waals surface area contributed by atoms with E-state index in [1.54, 1.807) is 25.2 Å². The molecule has 29 heavy (non-hydrogen) atoms. The molecule has 0 radical (unpaired) electrons. The third-order valence-corrected chi connectivity index (χ3v) is 5.88. The van der Waals surface area contributed by atoms with Crippen LogP contribution in [0, 0.1) is 11.8 Å². The summed E-state index contributed by atoms with van der Waals surface area (Å²) in [4.78, 5) is 27.0. The summed E-state index contributed by atoms with van der Waals surface area (Å²) in [6, 6.07) is 4.92. The topological polar surface area (TPSA) is 79.9 Å². The quantitative estimate of drug-likeness (QED) is 0.701. The average Bonchev–Trinajstić information content (AvgIpc) is 3.08. The Kier molecular flexibility index (Phi) is 8.59. The monoisotopic (exact) mass is 425 g/mol. The van der Waals surface area contributed by atoms with E-state index in [2.05, 4.69) is 17.6 Å². The average molecular weight is 426 g/mol. The van der Waals surface area contributed by atoms with Gasteiger partial charge in [-0.25, -0.2) is 0 Å². The molecule has 1 aromatic carbocycles. The molecule has 3 rings (SSSR count). The number of hydrogen-bond donors (Lipinski definition) is 2. The van der Waals surface area contributed by atoms with Crippen LogP contribution in [0.4, 0.5) is 5.69 Å². The summed E-state index contributed by atoms with van der Waals surface area (Å²) in [6.07, 6.45) is 3.30. The predicted molar refractivity (Wildman–Crippen MR) is 115 cm³/mol. The molecule has 0 aliphatic carbocycles. The van der Waals surface area contributed by atoms with Crippen molar-refractivity contribution in [1.82, 2.24) is 10.6 Å². The van der Waals surface area contributed by atoms with Crippen LogP contribution in [0.1, 0.15) is 32.6 Å². The molecule has 2 heterocycles. The van der Waals surface area contributed by atoms with Gasteiger partial charge in [-0.05, 0) is 44.2 Å². The molecule has 0 saturated carbocycles. The van der Waals surface area contributed by atoms with Crippen molar-refractivity contribution in [1.29, 1.82) is 0 Å². The minimum atomic E-state index is -0.468. The van der Waals surface area contributed by atoms with Crippen molar-refractivity contribution in [2.45, 2.75) is 38.6 Å². The lowest BCUT2D eigenvalue weighted by atomic mass is 9.84. The molecule has 2 atom stereocenters. The van der Waals surface area contributed by atoms with Crippen LogP contribution in [-0.2, 0) is 9.59 Å². The van der Waals surface area contributed by atoms with Crippen LogP contribution >= 0.6 is 12.4 Å². The van der Waals surface area contributed by atoms with E-state index >= 15 is 0 Å². The van der Waals surface area contributed by atoms with Crippen molar-refractivity contribution in [3.8, 4) is 11.5 Å². The molecule has 2 unspecified atom stereocenters. The largest absolute Gasteiger partial charge is 0.497 e. The molecule has 2 aliphatic rings. The Morgan fingerprint density at radius 2 is 1.79 bits per heavy atom.